The molecular formula is C19H24N2O4. The molecule has 1 heterocycles. The topological polar surface area (TPSA) is 71.8 Å². The van der Waals surface area contributed by atoms with Gasteiger partial charge >= 0.3 is 6.09 Å². The molecule has 3 rings (SSSR count). The van der Waals surface area contributed by atoms with Crippen LogP contribution in [0.3, 0.4) is 0 Å². The molecule has 0 radical (unpaired) electrons. The molecule has 6 nitrogen and oxygen atoms in total. The van der Waals surface area contributed by atoms with Gasteiger partial charge in [-0.05, 0) is 56.9 Å². The Morgan fingerprint density at radius 3 is 2.84 bits per heavy atom. The zero-order chi connectivity index (χ0) is 18.2. The van der Waals surface area contributed by atoms with Crippen molar-refractivity contribution >= 4 is 6.09 Å². The van der Waals surface area contributed by atoms with Crippen molar-refractivity contribution in [2.45, 2.75) is 50.8 Å². The Hall–Kier alpha value is -2.26. The fourth-order valence-corrected chi connectivity index (χ4v) is 3.72. The molecule has 1 saturated heterocycles. The highest BCUT2D eigenvalue weighted by atomic mass is 16.6. The number of rotatable bonds is 1. The van der Waals surface area contributed by atoms with E-state index in [1.165, 1.54) is 0 Å². The molecule has 1 aromatic carbocycles. The number of nitrogens with zero attached hydrogens (tertiary/aromatic N) is 2. The van der Waals surface area contributed by atoms with Crippen molar-refractivity contribution < 1.29 is 19.0 Å². The maximum absolute atomic E-state index is 12.9. The Labute approximate surface area is 148 Å². The van der Waals surface area contributed by atoms with Gasteiger partial charge in [-0.2, -0.15) is 5.26 Å². The van der Waals surface area contributed by atoms with Gasteiger partial charge in [-0.3, -0.25) is 4.90 Å². The minimum Gasteiger partial charge on any atom is -0.497 e. The van der Waals surface area contributed by atoms with Crippen LogP contribution in [0.2, 0.25) is 0 Å². The van der Waals surface area contributed by atoms with Gasteiger partial charge in [-0.1, -0.05) is 6.07 Å². The SMILES string of the molecule is COc1ccc2c(c1)CCC21COCC(C#N)N1C(=O)OC(C)(C)C. The molecule has 1 aliphatic carbocycles. The van der Waals surface area contributed by atoms with E-state index in [-0.39, 0.29) is 6.61 Å². The molecule has 6 heteroatoms. The molecule has 2 atom stereocenters. The quantitative estimate of drug-likeness (QED) is 0.783. The van der Waals surface area contributed by atoms with Crippen LogP contribution >= 0.6 is 0 Å². The van der Waals surface area contributed by atoms with Gasteiger partial charge in [0.25, 0.3) is 0 Å². The lowest BCUT2D eigenvalue weighted by molar-refractivity contribution is -0.0945. The second kappa shape index (κ2) is 6.23. The van der Waals surface area contributed by atoms with E-state index in [9.17, 15) is 10.1 Å². The number of benzene rings is 1. The van der Waals surface area contributed by atoms with Crippen LogP contribution in [0.5, 0.6) is 5.75 Å². The first-order chi connectivity index (χ1) is 11.8. The number of amides is 1. The van der Waals surface area contributed by atoms with Gasteiger partial charge in [0, 0.05) is 0 Å². The first kappa shape index (κ1) is 17.6. The summed E-state index contributed by atoms with van der Waals surface area (Å²) < 4.78 is 16.7. The van der Waals surface area contributed by atoms with Gasteiger partial charge in [-0.15, -0.1) is 0 Å². The lowest BCUT2D eigenvalue weighted by atomic mass is 9.88. The molecule has 0 saturated carbocycles. The predicted molar refractivity (Wildman–Crippen MR) is 91.3 cm³/mol. The van der Waals surface area contributed by atoms with Gasteiger partial charge < -0.3 is 14.2 Å². The Balaban J connectivity index is 2.04. The fraction of sp³-hybridized carbons (Fsp3) is 0.579. The molecule has 0 aromatic heterocycles. The van der Waals surface area contributed by atoms with Gasteiger partial charge in [-0.25, -0.2) is 4.79 Å². The molecule has 1 fully saturated rings. The van der Waals surface area contributed by atoms with E-state index in [4.69, 9.17) is 14.2 Å². The monoisotopic (exact) mass is 344 g/mol. The number of hydrogen-bond acceptors (Lipinski definition) is 5. The van der Waals surface area contributed by atoms with E-state index in [1.807, 2.05) is 39.0 Å². The molecule has 2 unspecified atom stereocenters. The number of aryl methyl sites for hydroxylation is 1. The van der Waals surface area contributed by atoms with E-state index in [0.29, 0.717) is 13.0 Å². The second-order valence-electron chi connectivity index (χ2n) is 7.57. The van der Waals surface area contributed by atoms with Crippen LogP contribution < -0.4 is 4.74 Å². The van der Waals surface area contributed by atoms with E-state index in [1.54, 1.807) is 12.0 Å². The maximum atomic E-state index is 12.9. The summed E-state index contributed by atoms with van der Waals surface area (Å²) in [6, 6.07) is 7.38. The van der Waals surface area contributed by atoms with Crippen LogP contribution in [0, 0.1) is 11.3 Å². The number of ether oxygens (including phenoxy) is 3. The Morgan fingerprint density at radius 1 is 1.44 bits per heavy atom. The first-order valence-electron chi connectivity index (χ1n) is 8.48. The summed E-state index contributed by atoms with van der Waals surface area (Å²) in [6.45, 7) is 6.04. The molecule has 25 heavy (non-hydrogen) atoms. The van der Waals surface area contributed by atoms with Crippen LogP contribution in [-0.2, 0) is 21.4 Å². The molecular weight excluding hydrogens is 320 g/mol. The zero-order valence-electron chi connectivity index (χ0n) is 15.2. The zero-order valence-corrected chi connectivity index (χ0v) is 15.2. The highest BCUT2D eigenvalue weighted by Crippen LogP contribution is 2.46. The van der Waals surface area contributed by atoms with E-state index in [2.05, 4.69) is 6.07 Å². The van der Waals surface area contributed by atoms with E-state index in [0.717, 1.165) is 23.3 Å². The molecule has 134 valence electrons. The van der Waals surface area contributed by atoms with Gasteiger partial charge in [0.2, 0.25) is 0 Å². The Kier molecular flexibility index (Phi) is 4.38. The van der Waals surface area contributed by atoms with Crippen molar-refractivity contribution in [1.29, 1.82) is 5.26 Å². The van der Waals surface area contributed by atoms with Crippen LogP contribution in [0.15, 0.2) is 18.2 Å². The maximum Gasteiger partial charge on any atom is 0.412 e. The fourth-order valence-electron chi connectivity index (χ4n) is 3.72. The van der Waals surface area contributed by atoms with Crippen molar-refractivity contribution in [3.8, 4) is 11.8 Å². The van der Waals surface area contributed by atoms with Crippen LogP contribution in [0.4, 0.5) is 4.79 Å². The summed E-state index contributed by atoms with van der Waals surface area (Å²) in [7, 11) is 1.63. The lowest BCUT2D eigenvalue weighted by Gasteiger charge is -2.47. The number of nitriles is 1. The third kappa shape index (κ3) is 3.05. The number of carbonyl (C=O) groups excluding carboxylic acids is 1. The lowest BCUT2D eigenvalue weighted by Crippen LogP contribution is -2.61. The average molecular weight is 344 g/mol. The summed E-state index contributed by atoms with van der Waals surface area (Å²) in [5, 5.41) is 9.58. The van der Waals surface area contributed by atoms with Crippen molar-refractivity contribution in [2.75, 3.05) is 20.3 Å². The predicted octanol–water partition coefficient (Wildman–Crippen LogP) is 3.00. The normalized spacial score (nSPS) is 25.4. The van der Waals surface area contributed by atoms with Gasteiger partial charge in [0.05, 0.1) is 31.9 Å². The molecule has 1 spiro atoms. The highest BCUT2D eigenvalue weighted by Gasteiger charge is 2.53. The van der Waals surface area contributed by atoms with Crippen molar-refractivity contribution in [2.24, 2.45) is 0 Å². The number of morpholine rings is 1. The minimum atomic E-state index is -0.670. The second-order valence-corrected chi connectivity index (χ2v) is 7.57. The molecule has 0 N–H and O–H groups in total. The number of methoxy groups -OCH3 is 1. The smallest absolute Gasteiger partial charge is 0.412 e. The Morgan fingerprint density at radius 2 is 2.20 bits per heavy atom. The average Bonchev–Trinajstić information content (AvgIpc) is 2.91. The van der Waals surface area contributed by atoms with Crippen molar-refractivity contribution in [3.63, 3.8) is 0 Å². The van der Waals surface area contributed by atoms with Crippen LogP contribution in [-0.4, -0.2) is 43.0 Å². The molecule has 0 bridgehead atoms. The van der Waals surface area contributed by atoms with E-state index < -0.39 is 23.3 Å². The van der Waals surface area contributed by atoms with Crippen LogP contribution in [0.25, 0.3) is 0 Å². The third-order valence-corrected chi connectivity index (χ3v) is 4.75. The van der Waals surface area contributed by atoms with Crippen molar-refractivity contribution in [3.05, 3.63) is 29.3 Å². The summed E-state index contributed by atoms with van der Waals surface area (Å²) in [5.74, 6) is 0.785. The molecule has 1 aliphatic heterocycles. The largest absolute Gasteiger partial charge is 0.497 e. The van der Waals surface area contributed by atoms with Gasteiger partial charge in [0.1, 0.15) is 17.4 Å². The number of hydrogen-bond donors (Lipinski definition) is 0. The minimum absolute atomic E-state index is 0.197. The summed E-state index contributed by atoms with van der Waals surface area (Å²) >= 11 is 0. The summed E-state index contributed by atoms with van der Waals surface area (Å²) in [5.41, 5.74) is 0.842. The summed E-state index contributed by atoms with van der Waals surface area (Å²) in [4.78, 5) is 14.5. The van der Waals surface area contributed by atoms with Gasteiger partial charge in [0.15, 0.2) is 0 Å². The third-order valence-electron chi connectivity index (χ3n) is 4.75. The van der Waals surface area contributed by atoms with Crippen molar-refractivity contribution in [1.82, 2.24) is 4.90 Å². The molecule has 2 aliphatic rings. The highest BCUT2D eigenvalue weighted by molar-refractivity contribution is 5.71. The molecule has 1 aromatic rings. The van der Waals surface area contributed by atoms with Crippen LogP contribution in [0.1, 0.15) is 38.3 Å². The molecule has 1 amide bonds. The number of carbonyl (C=O) groups is 1. The Bertz CT molecular complexity index is 719. The first-order valence-corrected chi connectivity index (χ1v) is 8.48. The van der Waals surface area contributed by atoms with E-state index >= 15 is 0 Å². The number of fused-ring (bicyclic) bond motifs is 2. The standard InChI is InChI=1S/C19H24N2O4/c1-18(2,3)25-17(22)21-14(10-20)11-24-12-19(21)8-7-13-9-15(23-4)5-6-16(13)19/h5-6,9,14H,7-8,11-12H2,1-4H3. The summed E-state index contributed by atoms with van der Waals surface area (Å²) in [6.07, 6.45) is 1.03.